The monoisotopic (exact) mass is 276 g/mol. The van der Waals surface area contributed by atoms with E-state index in [2.05, 4.69) is 10.6 Å². The molecule has 20 heavy (non-hydrogen) atoms. The molecule has 0 spiro atoms. The van der Waals surface area contributed by atoms with Gasteiger partial charge in [-0.1, -0.05) is 18.2 Å². The Bertz CT molecular complexity index is 502. The third kappa shape index (κ3) is 3.29. The van der Waals surface area contributed by atoms with E-state index in [4.69, 9.17) is 4.74 Å². The summed E-state index contributed by atoms with van der Waals surface area (Å²) in [6, 6.07) is 7.33. The first-order chi connectivity index (χ1) is 9.61. The van der Waals surface area contributed by atoms with Crippen molar-refractivity contribution in [3.63, 3.8) is 0 Å². The Labute approximate surface area is 118 Å². The number of anilines is 1. The van der Waals surface area contributed by atoms with Gasteiger partial charge in [0.15, 0.2) is 0 Å². The van der Waals surface area contributed by atoms with Crippen molar-refractivity contribution in [2.24, 2.45) is 5.92 Å². The SMILES string of the molecule is CCOC(=O)C(C)NC(=O)C1CNc2ccccc2C1. The summed E-state index contributed by atoms with van der Waals surface area (Å²) in [5.41, 5.74) is 2.21. The van der Waals surface area contributed by atoms with Crippen LogP contribution in [-0.2, 0) is 20.7 Å². The minimum atomic E-state index is -0.611. The van der Waals surface area contributed by atoms with Crippen molar-refractivity contribution >= 4 is 17.6 Å². The quantitative estimate of drug-likeness (QED) is 0.814. The van der Waals surface area contributed by atoms with Crippen molar-refractivity contribution in [2.45, 2.75) is 26.3 Å². The normalized spacial score (nSPS) is 18.4. The average molecular weight is 276 g/mol. The number of carbonyl (C=O) groups excluding carboxylic acids is 2. The maximum atomic E-state index is 12.2. The molecule has 0 aliphatic carbocycles. The molecule has 2 N–H and O–H groups in total. The molecule has 0 bridgehead atoms. The predicted molar refractivity (Wildman–Crippen MR) is 76.4 cm³/mol. The molecule has 0 saturated carbocycles. The number of nitrogens with one attached hydrogen (secondary N) is 2. The molecular weight excluding hydrogens is 256 g/mol. The number of hydrogen-bond donors (Lipinski definition) is 2. The van der Waals surface area contributed by atoms with Crippen LogP contribution in [0.2, 0.25) is 0 Å². The number of hydrogen-bond acceptors (Lipinski definition) is 4. The number of esters is 1. The van der Waals surface area contributed by atoms with Crippen LogP contribution < -0.4 is 10.6 Å². The summed E-state index contributed by atoms with van der Waals surface area (Å²) >= 11 is 0. The fourth-order valence-corrected chi connectivity index (χ4v) is 2.28. The molecule has 5 heteroatoms. The highest BCUT2D eigenvalue weighted by molar-refractivity contribution is 5.86. The summed E-state index contributed by atoms with van der Waals surface area (Å²) in [7, 11) is 0. The molecule has 0 saturated heterocycles. The van der Waals surface area contributed by atoms with E-state index in [1.165, 1.54) is 0 Å². The Morgan fingerprint density at radius 2 is 2.20 bits per heavy atom. The van der Waals surface area contributed by atoms with Crippen molar-refractivity contribution in [3.05, 3.63) is 29.8 Å². The van der Waals surface area contributed by atoms with E-state index in [0.717, 1.165) is 11.3 Å². The third-order valence-corrected chi connectivity index (χ3v) is 3.39. The number of carbonyl (C=O) groups is 2. The molecule has 1 aliphatic heterocycles. The van der Waals surface area contributed by atoms with Crippen LogP contribution in [0.4, 0.5) is 5.69 Å². The Morgan fingerprint density at radius 3 is 2.95 bits per heavy atom. The Balaban J connectivity index is 1.93. The second kappa shape index (κ2) is 6.41. The molecule has 5 nitrogen and oxygen atoms in total. The van der Waals surface area contributed by atoms with Crippen LogP contribution in [0.5, 0.6) is 0 Å². The first-order valence-corrected chi connectivity index (χ1v) is 6.90. The Kier molecular flexibility index (Phi) is 4.61. The maximum Gasteiger partial charge on any atom is 0.328 e. The summed E-state index contributed by atoms with van der Waals surface area (Å²) < 4.78 is 4.88. The van der Waals surface area contributed by atoms with Crippen molar-refractivity contribution in [3.8, 4) is 0 Å². The van der Waals surface area contributed by atoms with Gasteiger partial charge in [-0.15, -0.1) is 0 Å². The van der Waals surface area contributed by atoms with Crippen molar-refractivity contribution < 1.29 is 14.3 Å². The molecule has 1 amide bonds. The van der Waals surface area contributed by atoms with E-state index in [1.807, 2.05) is 24.3 Å². The Hall–Kier alpha value is -2.04. The molecule has 0 aromatic heterocycles. The van der Waals surface area contributed by atoms with Crippen LogP contribution in [0.25, 0.3) is 0 Å². The number of fused-ring (bicyclic) bond motifs is 1. The zero-order valence-corrected chi connectivity index (χ0v) is 11.8. The largest absolute Gasteiger partial charge is 0.464 e. The van der Waals surface area contributed by atoms with Gasteiger partial charge in [-0.3, -0.25) is 4.79 Å². The zero-order valence-electron chi connectivity index (χ0n) is 11.8. The number of ether oxygens (including phenoxy) is 1. The van der Waals surface area contributed by atoms with Gasteiger partial charge < -0.3 is 15.4 Å². The molecule has 2 rings (SSSR count). The van der Waals surface area contributed by atoms with Crippen LogP contribution in [0.1, 0.15) is 19.4 Å². The fraction of sp³-hybridized carbons (Fsp3) is 0.467. The lowest BCUT2D eigenvalue weighted by Crippen LogP contribution is -2.45. The van der Waals surface area contributed by atoms with Gasteiger partial charge in [0.05, 0.1) is 12.5 Å². The van der Waals surface area contributed by atoms with Gasteiger partial charge in [0.2, 0.25) is 5.91 Å². The van der Waals surface area contributed by atoms with Gasteiger partial charge in [-0.25, -0.2) is 4.79 Å². The highest BCUT2D eigenvalue weighted by Crippen LogP contribution is 2.24. The summed E-state index contributed by atoms with van der Waals surface area (Å²) in [5.74, 6) is -0.681. The minimum Gasteiger partial charge on any atom is -0.464 e. The molecule has 1 aromatic rings. The molecule has 0 fully saturated rings. The van der Waals surface area contributed by atoms with Crippen LogP contribution in [0.15, 0.2) is 24.3 Å². The molecule has 1 aromatic carbocycles. The van der Waals surface area contributed by atoms with Gasteiger partial charge >= 0.3 is 5.97 Å². The van der Waals surface area contributed by atoms with E-state index in [9.17, 15) is 9.59 Å². The number of benzene rings is 1. The summed E-state index contributed by atoms with van der Waals surface area (Å²) in [4.78, 5) is 23.7. The van der Waals surface area contributed by atoms with Gasteiger partial charge in [0, 0.05) is 12.2 Å². The molecule has 0 radical (unpaired) electrons. The standard InChI is InChI=1S/C15H20N2O3/c1-3-20-15(19)10(2)17-14(18)12-8-11-6-4-5-7-13(11)16-9-12/h4-7,10,12,16H,3,8-9H2,1-2H3,(H,17,18). The number of para-hydroxylation sites is 1. The molecule has 1 aliphatic rings. The fourth-order valence-electron chi connectivity index (χ4n) is 2.28. The smallest absolute Gasteiger partial charge is 0.328 e. The van der Waals surface area contributed by atoms with Gasteiger partial charge in [0.25, 0.3) is 0 Å². The lowest BCUT2D eigenvalue weighted by Gasteiger charge is -2.26. The lowest BCUT2D eigenvalue weighted by molar-refractivity contribution is -0.147. The van der Waals surface area contributed by atoms with Gasteiger partial charge in [-0.05, 0) is 31.9 Å². The van der Waals surface area contributed by atoms with Crippen LogP contribution in [-0.4, -0.2) is 31.1 Å². The molecular formula is C15H20N2O3. The van der Waals surface area contributed by atoms with Crippen molar-refractivity contribution in [1.29, 1.82) is 0 Å². The third-order valence-electron chi connectivity index (χ3n) is 3.39. The maximum absolute atomic E-state index is 12.2. The van der Waals surface area contributed by atoms with Crippen molar-refractivity contribution in [1.82, 2.24) is 5.32 Å². The first kappa shape index (κ1) is 14.4. The average Bonchev–Trinajstić information content (AvgIpc) is 2.46. The molecule has 2 atom stereocenters. The van der Waals surface area contributed by atoms with E-state index >= 15 is 0 Å². The summed E-state index contributed by atoms with van der Waals surface area (Å²) in [6.45, 7) is 4.28. The number of amides is 1. The summed E-state index contributed by atoms with van der Waals surface area (Å²) in [5, 5.41) is 5.96. The first-order valence-electron chi connectivity index (χ1n) is 6.90. The van der Waals surface area contributed by atoms with Crippen molar-refractivity contribution in [2.75, 3.05) is 18.5 Å². The zero-order chi connectivity index (χ0) is 14.5. The topological polar surface area (TPSA) is 67.4 Å². The highest BCUT2D eigenvalue weighted by atomic mass is 16.5. The predicted octanol–water partition coefficient (Wildman–Crippen LogP) is 1.34. The molecule has 108 valence electrons. The second-order valence-electron chi connectivity index (χ2n) is 4.92. The van der Waals surface area contributed by atoms with Crippen LogP contribution in [0.3, 0.4) is 0 Å². The second-order valence-corrected chi connectivity index (χ2v) is 4.92. The number of rotatable bonds is 4. The Morgan fingerprint density at radius 1 is 1.45 bits per heavy atom. The molecule has 2 unspecified atom stereocenters. The van der Waals surface area contributed by atoms with Gasteiger partial charge in [-0.2, -0.15) is 0 Å². The van der Waals surface area contributed by atoms with Gasteiger partial charge in [0.1, 0.15) is 6.04 Å². The van der Waals surface area contributed by atoms with E-state index in [0.29, 0.717) is 19.6 Å². The minimum absolute atomic E-state index is 0.118. The van der Waals surface area contributed by atoms with Crippen LogP contribution >= 0.6 is 0 Å². The van der Waals surface area contributed by atoms with Crippen LogP contribution in [0, 0.1) is 5.92 Å². The highest BCUT2D eigenvalue weighted by Gasteiger charge is 2.26. The van der Waals surface area contributed by atoms with E-state index in [-0.39, 0.29) is 11.8 Å². The summed E-state index contributed by atoms with van der Waals surface area (Å²) in [6.07, 6.45) is 0.685. The lowest BCUT2D eigenvalue weighted by atomic mass is 9.93. The van der Waals surface area contributed by atoms with E-state index in [1.54, 1.807) is 13.8 Å². The van der Waals surface area contributed by atoms with E-state index < -0.39 is 12.0 Å². The molecule has 1 heterocycles.